The summed E-state index contributed by atoms with van der Waals surface area (Å²) < 4.78 is 49.0. The maximum absolute atomic E-state index is 13.7. The van der Waals surface area contributed by atoms with Crippen molar-refractivity contribution < 1.29 is 42.0 Å². The van der Waals surface area contributed by atoms with E-state index in [4.69, 9.17) is 46.8 Å². The maximum atomic E-state index is 13.7. The van der Waals surface area contributed by atoms with Gasteiger partial charge in [0.05, 0.1) is 21.7 Å². The second-order valence-electron chi connectivity index (χ2n) is 9.47. The second-order valence-corrected chi connectivity index (χ2v) is 10.8. The monoisotopic (exact) mass is 606 g/mol. The lowest BCUT2D eigenvalue weighted by molar-refractivity contribution is -0.152. The highest BCUT2D eigenvalue weighted by molar-refractivity contribution is 7.24. The topological polar surface area (TPSA) is 115 Å². The fourth-order valence-electron chi connectivity index (χ4n) is 5.07. The fourth-order valence-corrected chi connectivity index (χ4v) is 5.43. The van der Waals surface area contributed by atoms with E-state index in [1.54, 1.807) is 0 Å². The van der Waals surface area contributed by atoms with Crippen LogP contribution < -0.4 is 20.1 Å². The summed E-state index contributed by atoms with van der Waals surface area (Å²) in [6.07, 6.45) is 1.92. The number of ether oxygens (including phenoxy) is 3. The molecule has 3 N–H and O–H groups in total. The van der Waals surface area contributed by atoms with Crippen molar-refractivity contribution in [2.45, 2.75) is 49.3 Å². The maximum Gasteiger partial charge on any atom is 0.258 e. The van der Waals surface area contributed by atoms with Crippen molar-refractivity contribution in [1.82, 2.24) is 10.6 Å². The number of halogens is 4. The van der Waals surface area contributed by atoms with Crippen LogP contribution in [-0.2, 0) is 18.8 Å². The molecule has 3 aliphatic carbocycles. The number of amides is 2. The van der Waals surface area contributed by atoms with Crippen LogP contribution in [0.1, 0.15) is 32.1 Å². The van der Waals surface area contributed by atoms with Crippen LogP contribution in [0.5, 0.6) is 11.5 Å². The van der Waals surface area contributed by atoms with E-state index in [1.807, 2.05) is 0 Å². The molecule has 2 amide bonds. The number of hydrogen-bond donors (Lipinski definition) is 3. The SMILES string of the molecule is O=C(COc1ccc(Cl)c(F)c1)NC12CCC(NC(=O)COc3ccc(Cl)c(F)c3)(CC1)[C@@H](OCOPO)C2. The molecule has 2 aromatic rings. The molecule has 2 aromatic carbocycles. The van der Waals surface area contributed by atoms with Gasteiger partial charge in [-0.1, -0.05) is 23.2 Å². The van der Waals surface area contributed by atoms with Gasteiger partial charge < -0.3 is 34.3 Å². The van der Waals surface area contributed by atoms with Crippen LogP contribution in [0.15, 0.2) is 36.4 Å². The van der Waals surface area contributed by atoms with E-state index in [0.29, 0.717) is 32.1 Å². The van der Waals surface area contributed by atoms with Gasteiger partial charge in [0.15, 0.2) is 29.0 Å². The molecule has 5 rings (SSSR count). The van der Waals surface area contributed by atoms with Crippen LogP contribution in [0.4, 0.5) is 8.78 Å². The van der Waals surface area contributed by atoms with Crippen molar-refractivity contribution in [2.75, 3.05) is 20.0 Å². The van der Waals surface area contributed by atoms with E-state index < -0.39 is 43.8 Å². The lowest BCUT2D eigenvalue weighted by Crippen LogP contribution is -2.71. The quantitative estimate of drug-likeness (QED) is 0.188. The largest absolute Gasteiger partial charge is 0.484 e. The van der Waals surface area contributed by atoms with Gasteiger partial charge in [-0.3, -0.25) is 9.59 Å². The smallest absolute Gasteiger partial charge is 0.258 e. The molecule has 1 unspecified atom stereocenters. The van der Waals surface area contributed by atoms with Crippen LogP contribution >= 0.6 is 32.2 Å². The summed E-state index contributed by atoms with van der Waals surface area (Å²) in [4.78, 5) is 34.6. The molecule has 39 heavy (non-hydrogen) atoms. The van der Waals surface area contributed by atoms with Crippen molar-refractivity contribution in [2.24, 2.45) is 0 Å². The molecule has 9 nitrogen and oxygen atoms in total. The Morgan fingerprint density at radius 1 is 0.923 bits per heavy atom. The first-order valence-corrected chi connectivity index (χ1v) is 13.6. The summed E-state index contributed by atoms with van der Waals surface area (Å²) in [5, 5.41) is 5.94. The third-order valence-electron chi connectivity index (χ3n) is 7.00. The number of hydrogen-bond acceptors (Lipinski definition) is 7. The molecule has 3 saturated carbocycles. The summed E-state index contributed by atoms with van der Waals surface area (Å²) in [7, 11) is -0.771. The fraction of sp³-hybridized carbons (Fsp3) is 0.440. The van der Waals surface area contributed by atoms with Gasteiger partial charge in [-0.25, -0.2) is 8.78 Å². The van der Waals surface area contributed by atoms with Crippen molar-refractivity contribution in [3.63, 3.8) is 0 Å². The number of fused-ring (bicyclic) bond motifs is 3. The van der Waals surface area contributed by atoms with Gasteiger partial charge in [0.1, 0.15) is 23.1 Å². The molecule has 3 fully saturated rings. The van der Waals surface area contributed by atoms with Crippen molar-refractivity contribution in [3.05, 3.63) is 58.1 Å². The highest BCUT2D eigenvalue weighted by atomic mass is 35.5. The molecular weight excluding hydrogens is 580 g/mol. The molecule has 0 spiro atoms. The summed E-state index contributed by atoms with van der Waals surface area (Å²) in [5.41, 5.74) is -1.36. The van der Waals surface area contributed by atoms with Gasteiger partial charge in [-0.15, -0.1) is 0 Å². The molecule has 0 aromatic heterocycles. The molecule has 2 bridgehead atoms. The van der Waals surface area contributed by atoms with Crippen LogP contribution in [0.3, 0.4) is 0 Å². The zero-order chi connectivity index (χ0) is 28.0. The standard InChI is InChI=1S/C25H27Cl2F2N2O7P/c26-17-3-1-15(9-19(17)28)35-12-22(32)30-24-5-7-25(8-6-24,21(11-24)37-14-38-39-34)31-23(33)13-36-16-2-4-18(27)20(29)10-16/h1-4,9-10,21,34,39H,5-8,11-14H2,(H,30,32)(H,31,33)/t21-,24?,25?/m0/s1. The van der Waals surface area contributed by atoms with Gasteiger partial charge in [-0.2, -0.15) is 0 Å². The minimum atomic E-state index is -0.771. The first-order chi connectivity index (χ1) is 18.6. The Balaban J connectivity index is 1.36. The Kier molecular flexibility index (Phi) is 9.85. The van der Waals surface area contributed by atoms with Crippen LogP contribution in [0.2, 0.25) is 10.0 Å². The summed E-state index contributed by atoms with van der Waals surface area (Å²) in [6, 6.07) is 7.80. The molecule has 2 atom stereocenters. The first-order valence-electron chi connectivity index (χ1n) is 12.0. The number of nitrogens with one attached hydrogen (secondary N) is 2. The van der Waals surface area contributed by atoms with Crippen molar-refractivity contribution >= 4 is 44.1 Å². The van der Waals surface area contributed by atoms with Gasteiger partial charge in [0.2, 0.25) is 0 Å². The van der Waals surface area contributed by atoms with Crippen molar-refractivity contribution in [3.8, 4) is 11.5 Å². The minimum Gasteiger partial charge on any atom is -0.484 e. The Labute approximate surface area is 235 Å². The normalized spacial score (nSPS) is 24.1. The lowest BCUT2D eigenvalue weighted by Gasteiger charge is -2.57. The first kappa shape index (κ1) is 29.7. The minimum absolute atomic E-state index is 0.0483. The number of carbonyl (C=O) groups is 2. The molecule has 0 radical (unpaired) electrons. The zero-order valence-electron chi connectivity index (χ0n) is 20.6. The predicted octanol–water partition coefficient (Wildman–Crippen LogP) is 4.28. The molecule has 0 aliphatic heterocycles. The highest BCUT2D eigenvalue weighted by Crippen LogP contribution is 2.48. The Bertz CT molecular complexity index is 1200. The average molecular weight is 607 g/mol. The third-order valence-corrected chi connectivity index (χ3v) is 7.86. The number of rotatable bonds is 12. The summed E-state index contributed by atoms with van der Waals surface area (Å²) in [5.74, 6) is -1.79. The third kappa shape index (κ3) is 7.48. The van der Waals surface area contributed by atoms with E-state index in [9.17, 15) is 18.4 Å². The van der Waals surface area contributed by atoms with E-state index in [0.717, 1.165) is 12.1 Å². The number of carbonyl (C=O) groups excluding carboxylic acids is 2. The molecule has 14 heteroatoms. The van der Waals surface area contributed by atoms with E-state index >= 15 is 0 Å². The molecule has 3 aliphatic rings. The Morgan fingerprint density at radius 2 is 1.46 bits per heavy atom. The van der Waals surface area contributed by atoms with E-state index in [1.165, 1.54) is 24.3 Å². The Hall–Kier alpha value is -2.27. The van der Waals surface area contributed by atoms with Crippen LogP contribution in [0.25, 0.3) is 0 Å². The van der Waals surface area contributed by atoms with E-state index in [-0.39, 0.29) is 47.5 Å². The van der Waals surface area contributed by atoms with Gasteiger partial charge in [0, 0.05) is 17.7 Å². The van der Waals surface area contributed by atoms with Crippen LogP contribution in [0, 0.1) is 11.6 Å². The lowest BCUT2D eigenvalue weighted by atomic mass is 9.59. The highest BCUT2D eigenvalue weighted by Gasteiger charge is 2.56. The van der Waals surface area contributed by atoms with Crippen LogP contribution in [-0.4, -0.2) is 53.9 Å². The predicted molar refractivity (Wildman–Crippen MR) is 140 cm³/mol. The molecule has 0 heterocycles. The molecule has 212 valence electrons. The van der Waals surface area contributed by atoms with Crippen molar-refractivity contribution in [1.29, 1.82) is 0 Å². The van der Waals surface area contributed by atoms with E-state index in [2.05, 4.69) is 10.6 Å². The molecular formula is C25H27Cl2F2N2O7P. The Morgan fingerprint density at radius 3 is 1.97 bits per heavy atom. The average Bonchev–Trinajstić information content (AvgIpc) is 2.91. The number of benzene rings is 2. The zero-order valence-corrected chi connectivity index (χ0v) is 23.1. The van der Waals surface area contributed by atoms with Gasteiger partial charge in [0.25, 0.3) is 11.8 Å². The summed E-state index contributed by atoms with van der Waals surface area (Å²) >= 11 is 11.4. The molecule has 0 saturated heterocycles. The summed E-state index contributed by atoms with van der Waals surface area (Å²) in [6.45, 7) is -0.880. The van der Waals surface area contributed by atoms with Gasteiger partial charge in [-0.05, 0) is 56.4 Å². The second kappa shape index (κ2) is 12.9. The van der Waals surface area contributed by atoms with Gasteiger partial charge >= 0.3 is 0 Å².